The Morgan fingerprint density at radius 1 is 0.750 bits per heavy atom. The molecule has 0 spiro atoms. The number of aromatic nitrogens is 1. The summed E-state index contributed by atoms with van der Waals surface area (Å²) in [6.07, 6.45) is 3.46. The molecule has 0 atom stereocenters. The van der Waals surface area contributed by atoms with E-state index in [-0.39, 0.29) is 18.0 Å². The Morgan fingerprint density at radius 2 is 1.44 bits per heavy atom. The Balaban J connectivity index is 1.16. The summed E-state index contributed by atoms with van der Waals surface area (Å²) in [5.41, 5.74) is 2.50. The summed E-state index contributed by atoms with van der Waals surface area (Å²) in [7, 11) is 0. The van der Waals surface area contributed by atoms with Crippen LogP contribution in [0.3, 0.4) is 0 Å². The molecule has 0 saturated carbocycles. The molecule has 8 heteroatoms. The van der Waals surface area contributed by atoms with Crippen LogP contribution in [0.25, 0.3) is 0 Å². The molecule has 2 N–H and O–H groups in total. The molecule has 0 radical (unpaired) electrons. The summed E-state index contributed by atoms with van der Waals surface area (Å²) in [6, 6.07) is 23.2. The summed E-state index contributed by atoms with van der Waals surface area (Å²) in [5.74, 6) is 1.03. The van der Waals surface area contributed by atoms with Gasteiger partial charge in [0, 0.05) is 62.9 Å². The van der Waals surface area contributed by atoms with Gasteiger partial charge in [0.1, 0.15) is 5.82 Å². The Labute approximate surface area is 211 Å². The number of carbonyl (C=O) groups excluding carboxylic acids is 2. The van der Waals surface area contributed by atoms with Crippen molar-refractivity contribution in [3.63, 3.8) is 0 Å². The molecule has 3 amide bonds. The summed E-state index contributed by atoms with van der Waals surface area (Å²) >= 11 is 0. The van der Waals surface area contributed by atoms with Gasteiger partial charge < -0.3 is 25.3 Å². The number of carbonyl (C=O) groups is 2. The number of para-hydroxylation sites is 2. The highest BCUT2D eigenvalue weighted by Gasteiger charge is 2.27. The zero-order chi connectivity index (χ0) is 24.7. The minimum Gasteiger partial charge on any atom is -0.371 e. The topological polar surface area (TPSA) is 80.8 Å². The Kier molecular flexibility index (Phi) is 7.30. The van der Waals surface area contributed by atoms with Gasteiger partial charge in [0.25, 0.3) is 5.91 Å². The third kappa shape index (κ3) is 5.59. The van der Waals surface area contributed by atoms with Crippen molar-refractivity contribution in [2.45, 2.75) is 18.9 Å². The van der Waals surface area contributed by atoms with E-state index in [1.807, 2.05) is 77.7 Å². The molecule has 2 aromatic carbocycles. The minimum absolute atomic E-state index is 0.0776. The molecule has 0 aliphatic carbocycles. The van der Waals surface area contributed by atoms with Crippen LogP contribution in [0.15, 0.2) is 79.0 Å². The van der Waals surface area contributed by atoms with Crippen LogP contribution in [0.4, 0.5) is 22.0 Å². The summed E-state index contributed by atoms with van der Waals surface area (Å²) in [5, 5.41) is 5.97. The fourth-order valence-electron chi connectivity index (χ4n) is 4.92. The lowest BCUT2D eigenvalue weighted by Gasteiger charge is -2.37. The van der Waals surface area contributed by atoms with Gasteiger partial charge in [-0.1, -0.05) is 36.4 Å². The lowest BCUT2D eigenvalue weighted by atomic mass is 10.0. The molecule has 3 heterocycles. The first kappa shape index (κ1) is 23.7. The van der Waals surface area contributed by atoms with Gasteiger partial charge in [-0.2, -0.15) is 0 Å². The predicted molar refractivity (Wildman–Crippen MR) is 143 cm³/mol. The average molecular weight is 485 g/mol. The number of piperidine rings is 1. The van der Waals surface area contributed by atoms with Crippen molar-refractivity contribution in [1.82, 2.24) is 15.2 Å². The molecule has 1 aromatic heterocycles. The number of hydrogen-bond acceptors (Lipinski definition) is 5. The molecule has 2 aliphatic heterocycles. The quantitative estimate of drug-likeness (QED) is 0.575. The van der Waals surface area contributed by atoms with Crippen molar-refractivity contribution < 1.29 is 9.59 Å². The summed E-state index contributed by atoms with van der Waals surface area (Å²) in [6.45, 7) is 4.46. The third-order valence-electron chi connectivity index (χ3n) is 6.88. The van der Waals surface area contributed by atoms with Crippen molar-refractivity contribution in [1.29, 1.82) is 0 Å². The van der Waals surface area contributed by atoms with Crippen LogP contribution in [0.2, 0.25) is 0 Å². The molecule has 0 bridgehead atoms. The Hall–Kier alpha value is -4.07. The van der Waals surface area contributed by atoms with Crippen LogP contribution in [-0.4, -0.2) is 67.1 Å². The van der Waals surface area contributed by atoms with Gasteiger partial charge in [-0.25, -0.2) is 9.78 Å². The number of nitrogens with one attached hydrogen (secondary N) is 2. The molecule has 0 unspecified atom stereocenters. The molecule has 186 valence electrons. The van der Waals surface area contributed by atoms with Crippen LogP contribution >= 0.6 is 0 Å². The molecule has 3 aromatic rings. The fraction of sp³-hybridized carbons (Fsp3) is 0.321. The molecule has 8 nitrogen and oxygen atoms in total. The maximum Gasteiger partial charge on any atom is 0.319 e. The van der Waals surface area contributed by atoms with Crippen LogP contribution in [0, 0.1) is 0 Å². The van der Waals surface area contributed by atoms with E-state index in [1.54, 1.807) is 6.20 Å². The number of urea groups is 1. The zero-order valence-corrected chi connectivity index (χ0v) is 20.3. The van der Waals surface area contributed by atoms with Crippen LogP contribution < -0.4 is 20.4 Å². The summed E-state index contributed by atoms with van der Waals surface area (Å²) in [4.78, 5) is 36.7. The number of anilines is 3. The molecular formula is C28H32N6O2. The number of nitrogens with zero attached hydrogens (tertiary/aromatic N) is 4. The van der Waals surface area contributed by atoms with E-state index in [1.165, 1.54) is 0 Å². The van der Waals surface area contributed by atoms with Crippen molar-refractivity contribution >= 4 is 29.1 Å². The second-order valence-corrected chi connectivity index (χ2v) is 9.21. The monoisotopic (exact) mass is 484 g/mol. The Morgan fingerprint density at radius 3 is 2.17 bits per heavy atom. The van der Waals surface area contributed by atoms with Gasteiger partial charge in [-0.15, -0.1) is 0 Å². The highest BCUT2D eigenvalue weighted by atomic mass is 16.2. The number of piperazine rings is 1. The van der Waals surface area contributed by atoms with E-state index in [0.29, 0.717) is 13.1 Å². The number of pyridine rings is 1. The number of amides is 3. The first-order chi connectivity index (χ1) is 17.7. The lowest BCUT2D eigenvalue weighted by Crippen LogP contribution is -2.49. The van der Waals surface area contributed by atoms with Gasteiger partial charge in [0.05, 0.1) is 5.56 Å². The normalized spacial score (nSPS) is 16.5. The number of benzene rings is 2. The molecule has 2 saturated heterocycles. The minimum atomic E-state index is -0.180. The lowest BCUT2D eigenvalue weighted by molar-refractivity contribution is 0.0747. The van der Waals surface area contributed by atoms with Crippen LogP contribution in [0.5, 0.6) is 0 Å². The molecule has 2 fully saturated rings. The number of rotatable bonds is 5. The van der Waals surface area contributed by atoms with E-state index in [9.17, 15) is 9.59 Å². The second-order valence-electron chi connectivity index (χ2n) is 9.21. The summed E-state index contributed by atoms with van der Waals surface area (Å²) < 4.78 is 0. The van der Waals surface area contributed by atoms with Crippen molar-refractivity contribution in [3.8, 4) is 0 Å². The smallest absolute Gasteiger partial charge is 0.319 e. The van der Waals surface area contributed by atoms with Crippen molar-refractivity contribution in [2.24, 2.45) is 0 Å². The largest absolute Gasteiger partial charge is 0.371 e. The maximum atomic E-state index is 13.5. The predicted octanol–water partition coefficient (Wildman–Crippen LogP) is 3.83. The third-order valence-corrected chi connectivity index (χ3v) is 6.88. The van der Waals surface area contributed by atoms with E-state index in [0.717, 1.165) is 61.8 Å². The van der Waals surface area contributed by atoms with Crippen LogP contribution in [-0.2, 0) is 0 Å². The fourth-order valence-corrected chi connectivity index (χ4v) is 4.92. The Bertz CT molecular complexity index is 1160. The van der Waals surface area contributed by atoms with Gasteiger partial charge >= 0.3 is 6.03 Å². The molecular weight excluding hydrogens is 452 g/mol. The standard InChI is InChI=1S/C28H32N6O2/c35-27(34-20-18-33(19-21-34)26-12-6-7-15-29-26)24-10-4-5-11-25(24)32-16-13-23(14-17-32)31-28(36)30-22-8-2-1-3-9-22/h1-12,15,23H,13-14,16-21H2,(H2,30,31,36). The van der Waals surface area contributed by atoms with E-state index < -0.39 is 0 Å². The maximum absolute atomic E-state index is 13.5. The SMILES string of the molecule is O=C(Nc1ccccc1)NC1CCN(c2ccccc2C(=O)N2CCN(c3ccccn3)CC2)CC1. The van der Waals surface area contributed by atoms with Crippen LogP contribution in [0.1, 0.15) is 23.2 Å². The highest BCUT2D eigenvalue weighted by molar-refractivity contribution is 6.00. The average Bonchev–Trinajstić information content (AvgIpc) is 2.94. The highest BCUT2D eigenvalue weighted by Crippen LogP contribution is 2.26. The van der Waals surface area contributed by atoms with Crippen molar-refractivity contribution in [3.05, 3.63) is 84.6 Å². The van der Waals surface area contributed by atoms with E-state index >= 15 is 0 Å². The second kappa shape index (κ2) is 11.1. The molecule has 5 rings (SSSR count). The first-order valence-corrected chi connectivity index (χ1v) is 12.6. The number of hydrogen-bond donors (Lipinski definition) is 2. The van der Waals surface area contributed by atoms with Crippen molar-refractivity contribution in [2.75, 3.05) is 54.4 Å². The molecule has 36 heavy (non-hydrogen) atoms. The molecule has 2 aliphatic rings. The van der Waals surface area contributed by atoms with Gasteiger partial charge in [0.15, 0.2) is 0 Å². The van der Waals surface area contributed by atoms with Gasteiger partial charge in [-0.3, -0.25) is 4.79 Å². The van der Waals surface area contributed by atoms with E-state index in [4.69, 9.17) is 0 Å². The van der Waals surface area contributed by atoms with E-state index in [2.05, 4.69) is 25.4 Å². The van der Waals surface area contributed by atoms with Gasteiger partial charge in [0.2, 0.25) is 0 Å². The first-order valence-electron chi connectivity index (χ1n) is 12.6. The van der Waals surface area contributed by atoms with Gasteiger partial charge in [-0.05, 0) is 49.2 Å². The zero-order valence-electron chi connectivity index (χ0n) is 20.3.